The Bertz CT molecular complexity index is 402. The second-order valence-electron chi connectivity index (χ2n) is 5.02. The van der Waals surface area contributed by atoms with E-state index in [4.69, 9.17) is 0 Å². The SMILES string of the molecule is CCNc1nc(C)cc(NC2(CO)CCCC2)n1. The van der Waals surface area contributed by atoms with E-state index in [1.807, 2.05) is 19.9 Å². The summed E-state index contributed by atoms with van der Waals surface area (Å²) in [7, 11) is 0. The summed E-state index contributed by atoms with van der Waals surface area (Å²) in [6, 6.07) is 1.93. The predicted octanol–water partition coefficient (Wildman–Crippen LogP) is 1.93. The zero-order valence-corrected chi connectivity index (χ0v) is 11.2. The maximum absolute atomic E-state index is 9.60. The molecule has 0 saturated heterocycles. The average Bonchev–Trinajstić information content (AvgIpc) is 2.78. The summed E-state index contributed by atoms with van der Waals surface area (Å²) in [6.45, 7) is 4.93. The number of aromatic nitrogens is 2. The van der Waals surface area contributed by atoms with Gasteiger partial charge in [0.05, 0.1) is 12.1 Å². The van der Waals surface area contributed by atoms with Crippen LogP contribution in [0.1, 0.15) is 38.3 Å². The lowest BCUT2D eigenvalue weighted by Gasteiger charge is -2.28. The van der Waals surface area contributed by atoms with Gasteiger partial charge in [0.2, 0.25) is 5.95 Å². The number of hydrogen-bond acceptors (Lipinski definition) is 5. The molecule has 5 heteroatoms. The number of aliphatic hydroxyl groups excluding tert-OH is 1. The van der Waals surface area contributed by atoms with Gasteiger partial charge in [0, 0.05) is 18.3 Å². The van der Waals surface area contributed by atoms with Crippen LogP contribution in [0.25, 0.3) is 0 Å². The standard InChI is InChI=1S/C13H22N4O/c1-3-14-12-15-10(2)8-11(16-12)17-13(9-18)6-4-5-7-13/h8,18H,3-7,9H2,1-2H3,(H2,14,15,16,17). The minimum absolute atomic E-state index is 0.159. The van der Waals surface area contributed by atoms with Gasteiger partial charge in [-0.1, -0.05) is 12.8 Å². The number of nitrogens with one attached hydrogen (secondary N) is 2. The fourth-order valence-electron chi connectivity index (χ4n) is 2.52. The van der Waals surface area contributed by atoms with Crippen molar-refractivity contribution in [3.8, 4) is 0 Å². The number of anilines is 2. The molecule has 18 heavy (non-hydrogen) atoms. The molecule has 1 aliphatic rings. The van der Waals surface area contributed by atoms with E-state index in [1.54, 1.807) is 0 Å². The third-order valence-electron chi connectivity index (χ3n) is 3.45. The van der Waals surface area contributed by atoms with Crippen LogP contribution in [0.4, 0.5) is 11.8 Å². The first-order chi connectivity index (χ1) is 8.67. The van der Waals surface area contributed by atoms with Crippen molar-refractivity contribution in [1.29, 1.82) is 0 Å². The Balaban J connectivity index is 2.17. The quantitative estimate of drug-likeness (QED) is 0.745. The summed E-state index contributed by atoms with van der Waals surface area (Å²) in [6.07, 6.45) is 4.33. The van der Waals surface area contributed by atoms with Crippen molar-refractivity contribution in [2.75, 3.05) is 23.8 Å². The Hall–Kier alpha value is -1.36. The van der Waals surface area contributed by atoms with Crippen molar-refractivity contribution in [2.24, 2.45) is 0 Å². The summed E-state index contributed by atoms with van der Waals surface area (Å²) < 4.78 is 0. The van der Waals surface area contributed by atoms with Crippen molar-refractivity contribution in [3.05, 3.63) is 11.8 Å². The average molecular weight is 250 g/mol. The van der Waals surface area contributed by atoms with Gasteiger partial charge in [-0.2, -0.15) is 4.98 Å². The van der Waals surface area contributed by atoms with E-state index < -0.39 is 0 Å². The Kier molecular flexibility index (Phi) is 4.01. The monoisotopic (exact) mass is 250 g/mol. The number of aliphatic hydroxyl groups is 1. The highest BCUT2D eigenvalue weighted by atomic mass is 16.3. The molecule has 0 bridgehead atoms. The van der Waals surface area contributed by atoms with Crippen LogP contribution in [0.3, 0.4) is 0 Å². The maximum Gasteiger partial charge on any atom is 0.224 e. The fraction of sp³-hybridized carbons (Fsp3) is 0.692. The van der Waals surface area contributed by atoms with Crippen LogP contribution in [0.2, 0.25) is 0 Å². The largest absolute Gasteiger partial charge is 0.394 e. The van der Waals surface area contributed by atoms with Gasteiger partial charge in [0.15, 0.2) is 0 Å². The first kappa shape index (κ1) is 13.1. The summed E-state index contributed by atoms with van der Waals surface area (Å²) in [5.41, 5.74) is 0.735. The Morgan fingerprint density at radius 1 is 1.33 bits per heavy atom. The van der Waals surface area contributed by atoms with Crippen molar-refractivity contribution in [3.63, 3.8) is 0 Å². The van der Waals surface area contributed by atoms with Crippen molar-refractivity contribution in [1.82, 2.24) is 9.97 Å². The second kappa shape index (κ2) is 5.52. The third-order valence-corrected chi connectivity index (χ3v) is 3.45. The van der Waals surface area contributed by atoms with Crippen LogP contribution in [0.5, 0.6) is 0 Å². The molecule has 1 aromatic heterocycles. The molecule has 1 fully saturated rings. The normalized spacial score (nSPS) is 17.7. The summed E-state index contributed by atoms with van der Waals surface area (Å²) in [5, 5.41) is 16.1. The molecule has 0 aliphatic heterocycles. The molecular weight excluding hydrogens is 228 g/mol. The molecule has 0 atom stereocenters. The van der Waals surface area contributed by atoms with Crippen LogP contribution in [-0.4, -0.2) is 33.8 Å². The highest BCUT2D eigenvalue weighted by molar-refractivity contribution is 5.44. The smallest absolute Gasteiger partial charge is 0.224 e. The van der Waals surface area contributed by atoms with E-state index in [1.165, 1.54) is 0 Å². The molecule has 1 heterocycles. The topological polar surface area (TPSA) is 70.1 Å². The minimum Gasteiger partial charge on any atom is -0.394 e. The van der Waals surface area contributed by atoms with Crippen LogP contribution < -0.4 is 10.6 Å². The number of hydrogen-bond donors (Lipinski definition) is 3. The molecule has 1 aromatic rings. The first-order valence-electron chi connectivity index (χ1n) is 6.66. The Labute approximate surface area is 108 Å². The number of nitrogens with zero attached hydrogens (tertiary/aromatic N) is 2. The number of rotatable bonds is 5. The summed E-state index contributed by atoms with van der Waals surface area (Å²) in [4.78, 5) is 8.76. The van der Waals surface area contributed by atoms with Gasteiger partial charge in [-0.3, -0.25) is 0 Å². The van der Waals surface area contributed by atoms with Gasteiger partial charge in [-0.05, 0) is 26.7 Å². The zero-order valence-electron chi connectivity index (χ0n) is 11.2. The van der Waals surface area contributed by atoms with E-state index in [-0.39, 0.29) is 12.1 Å². The number of aryl methyl sites for hydroxylation is 1. The van der Waals surface area contributed by atoms with Gasteiger partial charge < -0.3 is 15.7 Å². The molecule has 0 radical (unpaired) electrons. The lowest BCUT2D eigenvalue weighted by Crippen LogP contribution is -2.39. The molecule has 100 valence electrons. The van der Waals surface area contributed by atoms with Crippen LogP contribution >= 0.6 is 0 Å². The van der Waals surface area contributed by atoms with E-state index in [2.05, 4.69) is 20.6 Å². The molecule has 3 N–H and O–H groups in total. The molecule has 1 aliphatic carbocycles. The molecule has 0 amide bonds. The highest BCUT2D eigenvalue weighted by Gasteiger charge is 2.33. The predicted molar refractivity (Wildman–Crippen MR) is 72.8 cm³/mol. The molecule has 0 aromatic carbocycles. The lowest BCUT2D eigenvalue weighted by atomic mass is 9.99. The lowest BCUT2D eigenvalue weighted by molar-refractivity contribution is 0.214. The fourth-order valence-corrected chi connectivity index (χ4v) is 2.52. The summed E-state index contributed by atoms with van der Waals surface area (Å²) >= 11 is 0. The zero-order chi connectivity index (χ0) is 13.0. The molecule has 0 unspecified atom stereocenters. The van der Waals surface area contributed by atoms with Gasteiger partial charge in [-0.15, -0.1) is 0 Å². The first-order valence-corrected chi connectivity index (χ1v) is 6.66. The third kappa shape index (κ3) is 2.90. The van der Waals surface area contributed by atoms with Crippen molar-refractivity contribution in [2.45, 2.75) is 45.1 Å². The van der Waals surface area contributed by atoms with Crippen molar-refractivity contribution < 1.29 is 5.11 Å². The molecular formula is C13H22N4O. The molecule has 0 spiro atoms. The van der Waals surface area contributed by atoms with E-state index in [0.29, 0.717) is 5.95 Å². The van der Waals surface area contributed by atoms with Gasteiger partial charge in [-0.25, -0.2) is 4.98 Å². The van der Waals surface area contributed by atoms with E-state index in [0.717, 1.165) is 43.7 Å². The minimum atomic E-state index is -0.190. The highest BCUT2D eigenvalue weighted by Crippen LogP contribution is 2.32. The summed E-state index contributed by atoms with van der Waals surface area (Å²) in [5.74, 6) is 1.44. The van der Waals surface area contributed by atoms with E-state index in [9.17, 15) is 5.11 Å². The maximum atomic E-state index is 9.60. The van der Waals surface area contributed by atoms with Gasteiger partial charge in [0.25, 0.3) is 0 Å². The van der Waals surface area contributed by atoms with Crippen molar-refractivity contribution >= 4 is 11.8 Å². The molecule has 1 saturated carbocycles. The van der Waals surface area contributed by atoms with Crippen LogP contribution in [0.15, 0.2) is 6.07 Å². The Morgan fingerprint density at radius 2 is 2.06 bits per heavy atom. The van der Waals surface area contributed by atoms with Gasteiger partial charge in [0.1, 0.15) is 5.82 Å². The van der Waals surface area contributed by atoms with Crippen LogP contribution in [-0.2, 0) is 0 Å². The van der Waals surface area contributed by atoms with E-state index >= 15 is 0 Å². The second-order valence-corrected chi connectivity index (χ2v) is 5.02. The molecule has 5 nitrogen and oxygen atoms in total. The van der Waals surface area contributed by atoms with Gasteiger partial charge >= 0.3 is 0 Å². The Morgan fingerprint density at radius 3 is 2.67 bits per heavy atom. The van der Waals surface area contributed by atoms with Crippen LogP contribution in [0, 0.1) is 6.92 Å². The molecule has 2 rings (SSSR count).